The van der Waals surface area contributed by atoms with Crippen LogP contribution in [-0.4, -0.2) is 26.9 Å². The zero-order chi connectivity index (χ0) is 13.2. The largest absolute Gasteiger partial charge is 0.497 e. The average Bonchev–Trinajstić information content (AvgIpc) is 2.37. The third-order valence-electron chi connectivity index (χ3n) is 3.95. The Labute approximate surface area is 108 Å². The molecule has 4 nitrogen and oxygen atoms in total. The zero-order valence-electron chi connectivity index (χ0n) is 11.2. The molecule has 0 spiro atoms. The van der Waals surface area contributed by atoms with E-state index in [2.05, 4.69) is 0 Å². The lowest BCUT2D eigenvalue weighted by atomic mass is 9.72. The number of rotatable bonds is 5. The molecule has 1 aliphatic carbocycles. The fourth-order valence-electron chi connectivity index (χ4n) is 2.53. The fourth-order valence-corrected chi connectivity index (χ4v) is 2.53. The lowest BCUT2D eigenvalue weighted by Gasteiger charge is -2.45. The maximum Gasteiger partial charge on any atom is 0.124 e. The summed E-state index contributed by atoms with van der Waals surface area (Å²) in [6.45, 7) is 0. The number of hydrogen-bond donors (Lipinski definition) is 1. The standard InChI is InChI=1S/C14H21NO3/c1-16-10-5-6-12(17-2)11(9-10)13(15)14(18-3)7-4-8-14/h5-6,9,13H,4,7-8,15H2,1-3H3. The molecule has 4 heteroatoms. The van der Waals surface area contributed by atoms with E-state index in [4.69, 9.17) is 19.9 Å². The molecular formula is C14H21NO3. The first-order valence-electron chi connectivity index (χ1n) is 6.19. The van der Waals surface area contributed by atoms with Crippen LogP contribution >= 0.6 is 0 Å². The highest BCUT2D eigenvalue weighted by atomic mass is 16.5. The van der Waals surface area contributed by atoms with Gasteiger partial charge in [-0.3, -0.25) is 0 Å². The van der Waals surface area contributed by atoms with Gasteiger partial charge >= 0.3 is 0 Å². The molecule has 0 amide bonds. The van der Waals surface area contributed by atoms with Gasteiger partial charge in [-0.15, -0.1) is 0 Å². The molecule has 1 aromatic rings. The molecule has 0 radical (unpaired) electrons. The first-order valence-corrected chi connectivity index (χ1v) is 6.19. The predicted octanol–water partition coefficient (Wildman–Crippen LogP) is 2.27. The van der Waals surface area contributed by atoms with E-state index in [-0.39, 0.29) is 11.6 Å². The zero-order valence-corrected chi connectivity index (χ0v) is 11.2. The summed E-state index contributed by atoms with van der Waals surface area (Å²) in [7, 11) is 5.02. The topological polar surface area (TPSA) is 53.7 Å². The summed E-state index contributed by atoms with van der Waals surface area (Å²) < 4.78 is 16.3. The molecule has 1 aromatic carbocycles. The van der Waals surface area contributed by atoms with E-state index in [1.807, 2.05) is 18.2 Å². The van der Waals surface area contributed by atoms with Crippen LogP contribution in [0.3, 0.4) is 0 Å². The highest BCUT2D eigenvalue weighted by molar-refractivity contribution is 5.43. The summed E-state index contributed by atoms with van der Waals surface area (Å²) in [5.41, 5.74) is 7.08. The van der Waals surface area contributed by atoms with Crippen molar-refractivity contribution < 1.29 is 14.2 Å². The van der Waals surface area contributed by atoms with Crippen LogP contribution in [0.15, 0.2) is 18.2 Å². The summed E-state index contributed by atoms with van der Waals surface area (Å²) >= 11 is 0. The Hall–Kier alpha value is -1.26. The molecule has 0 saturated heterocycles. The van der Waals surface area contributed by atoms with Crippen LogP contribution in [0.25, 0.3) is 0 Å². The summed E-state index contributed by atoms with van der Waals surface area (Å²) in [4.78, 5) is 0. The van der Waals surface area contributed by atoms with Crippen LogP contribution in [0, 0.1) is 0 Å². The van der Waals surface area contributed by atoms with E-state index < -0.39 is 0 Å². The summed E-state index contributed by atoms with van der Waals surface area (Å²) in [5.74, 6) is 1.57. The first-order chi connectivity index (χ1) is 8.66. The van der Waals surface area contributed by atoms with E-state index >= 15 is 0 Å². The molecule has 0 heterocycles. The lowest BCUT2D eigenvalue weighted by Crippen LogP contribution is -2.48. The van der Waals surface area contributed by atoms with Crippen LogP contribution in [0.2, 0.25) is 0 Å². The molecule has 0 aliphatic heterocycles. The van der Waals surface area contributed by atoms with Crippen LogP contribution in [0.1, 0.15) is 30.9 Å². The van der Waals surface area contributed by atoms with Crippen molar-refractivity contribution in [3.63, 3.8) is 0 Å². The van der Waals surface area contributed by atoms with Crippen molar-refractivity contribution in [3.8, 4) is 11.5 Å². The van der Waals surface area contributed by atoms with Crippen molar-refractivity contribution in [1.82, 2.24) is 0 Å². The molecule has 1 aliphatic rings. The van der Waals surface area contributed by atoms with E-state index in [9.17, 15) is 0 Å². The Bertz CT molecular complexity index is 410. The van der Waals surface area contributed by atoms with Gasteiger partial charge in [-0.25, -0.2) is 0 Å². The molecule has 0 aromatic heterocycles. The van der Waals surface area contributed by atoms with Crippen LogP contribution in [-0.2, 0) is 4.74 Å². The van der Waals surface area contributed by atoms with E-state index in [1.54, 1.807) is 21.3 Å². The third kappa shape index (κ3) is 2.06. The second kappa shape index (κ2) is 5.16. The van der Waals surface area contributed by atoms with Gasteiger partial charge in [0.05, 0.1) is 25.9 Å². The van der Waals surface area contributed by atoms with Gasteiger partial charge in [0.15, 0.2) is 0 Å². The highest BCUT2D eigenvalue weighted by Crippen LogP contribution is 2.46. The van der Waals surface area contributed by atoms with E-state index in [0.717, 1.165) is 36.3 Å². The Kier molecular flexibility index (Phi) is 3.78. The van der Waals surface area contributed by atoms with Gasteiger partial charge in [0.1, 0.15) is 11.5 Å². The number of benzene rings is 1. The smallest absolute Gasteiger partial charge is 0.124 e. The van der Waals surface area contributed by atoms with Crippen molar-refractivity contribution in [2.45, 2.75) is 30.9 Å². The maximum atomic E-state index is 6.39. The Morgan fingerprint density at radius 3 is 2.33 bits per heavy atom. The van der Waals surface area contributed by atoms with Gasteiger partial charge in [0, 0.05) is 12.7 Å². The molecule has 1 saturated carbocycles. The van der Waals surface area contributed by atoms with Gasteiger partial charge in [-0.2, -0.15) is 0 Å². The van der Waals surface area contributed by atoms with Gasteiger partial charge in [-0.1, -0.05) is 0 Å². The SMILES string of the molecule is COc1ccc(OC)c(C(N)C2(OC)CCC2)c1. The predicted molar refractivity (Wildman–Crippen MR) is 70.1 cm³/mol. The maximum absolute atomic E-state index is 6.39. The number of nitrogens with two attached hydrogens (primary N) is 1. The third-order valence-corrected chi connectivity index (χ3v) is 3.95. The molecule has 2 N–H and O–H groups in total. The minimum Gasteiger partial charge on any atom is -0.497 e. The van der Waals surface area contributed by atoms with Gasteiger partial charge in [0.2, 0.25) is 0 Å². The second-order valence-corrected chi connectivity index (χ2v) is 4.71. The second-order valence-electron chi connectivity index (χ2n) is 4.71. The Morgan fingerprint density at radius 1 is 1.17 bits per heavy atom. The van der Waals surface area contributed by atoms with Gasteiger partial charge < -0.3 is 19.9 Å². The molecule has 18 heavy (non-hydrogen) atoms. The van der Waals surface area contributed by atoms with Crippen molar-refractivity contribution >= 4 is 0 Å². The molecular weight excluding hydrogens is 230 g/mol. The summed E-state index contributed by atoms with van der Waals surface area (Å²) in [6.07, 6.45) is 3.14. The van der Waals surface area contributed by atoms with Crippen molar-refractivity contribution in [2.24, 2.45) is 5.73 Å². The molecule has 1 fully saturated rings. The van der Waals surface area contributed by atoms with Crippen molar-refractivity contribution in [3.05, 3.63) is 23.8 Å². The quantitative estimate of drug-likeness (QED) is 0.872. The fraction of sp³-hybridized carbons (Fsp3) is 0.571. The minimum atomic E-state index is -0.250. The molecule has 0 bridgehead atoms. The normalized spacial score (nSPS) is 18.9. The van der Waals surface area contributed by atoms with Crippen molar-refractivity contribution in [2.75, 3.05) is 21.3 Å². The van der Waals surface area contributed by atoms with Gasteiger partial charge in [0.25, 0.3) is 0 Å². The minimum absolute atomic E-state index is 0.193. The Balaban J connectivity index is 2.35. The van der Waals surface area contributed by atoms with Crippen LogP contribution < -0.4 is 15.2 Å². The molecule has 2 rings (SSSR count). The average molecular weight is 251 g/mol. The molecule has 1 atom stereocenters. The number of ether oxygens (including phenoxy) is 3. The highest BCUT2D eigenvalue weighted by Gasteiger charge is 2.44. The summed E-state index contributed by atoms with van der Waals surface area (Å²) in [5, 5.41) is 0. The molecule has 1 unspecified atom stereocenters. The monoisotopic (exact) mass is 251 g/mol. The van der Waals surface area contributed by atoms with E-state index in [0.29, 0.717) is 0 Å². The van der Waals surface area contributed by atoms with Crippen LogP contribution in [0.5, 0.6) is 11.5 Å². The first kappa shape index (κ1) is 13.2. The van der Waals surface area contributed by atoms with Crippen molar-refractivity contribution in [1.29, 1.82) is 0 Å². The van der Waals surface area contributed by atoms with Crippen LogP contribution in [0.4, 0.5) is 0 Å². The Morgan fingerprint density at radius 2 is 1.89 bits per heavy atom. The number of methoxy groups -OCH3 is 3. The summed E-state index contributed by atoms with van der Waals surface area (Å²) in [6, 6.07) is 5.50. The van der Waals surface area contributed by atoms with Gasteiger partial charge in [-0.05, 0) is 37.5 Å². The lowest BCUT2D eigenvalue weighted by molar-refractivity contribution is -0.0915. The molecule has 100 valence electrons. The number of hydrogen-bond acceptors (Lipinski definition) is 4. The van der Waals surface area contributed by atoms with E-state index in [1.165, 1.54) is 0 Å².